The van der Waals surface area contributed by atoms with E-state index in [4.69, 9.17) is 0 Å². The van der Waals surface area contributed by atoms with E-state index < -0.39 is 0 Å². The van der Waals surface area contributed by atoms with Crippen LogP contribution in [-0.2, 0) is 6.54 Å². The van der Waals surface area contributed by atoms with Gasteiger partial charge in [-0.2, -0.15) is 0 Å². The highest BCUT2D eigenvalue weighted by Gasteiger charge is 2.21. The van der Waals surface area contributed by atoms with E-state index in [9.17, 15) is 0 Å². The highest BCUT2D eigenvalue weighted by atomic mass is 15.1. The van der Waals surface area contributed by atoms with Crippen molar-refractivity contribution >= 4 is 5.69 Å². The zero-order valence-corrected chi connectivity index (χ0v) is 14.1. The quantitative estimate of drug-likeness (QED) is 0.674. The zero-order chi connectivity index (χ0) is 15.1. The molecule has 0 radical (unpaired) electrons. The van der Waals surface area contributed by atoms with Gasteiger partial charge in [-0.1, -0.05) is 44.4 Å². The average molecular weight is 288 g/mol. The van der Waals surface area contributed by atoms with Crippen LogP contribution in [0.2, 0.25) is 0 Å². The molecule has 0 unspecified atom stereocenters. The Labute approximate surface area is 130 Å². The molecule has 0 amide bonds. The lowest BCUT2D eigenvalue weighted by atomic mass is 10.1. The number of anilines is 1. The summed E-state index contributed by atoms with van der Waals surface area (Å²) < 4.78 is 0. The van der Waals surface area contributed by atoms with Crippen molar-refractivity contribution in [2.24, 2.45) is 0 Å². The molecule has 1 aliphatic rings. The zero-order valence-electron chi connectivity index (χ0n) is 14.1. The van der Waals surface area contributed by atoms with Gasteiger partial charge in [-0.3, -0.25) is 0 Å². The van der Waals surface area contributed by atoms with Gasteiger partial charge < -0.3 is 10.2 Å². The van der Waals surface area contributed by atoms with E-state index in [2.05, 4.69) is 49.2 Å². The van der Waals surface area contributed by atoms with Gasteiger partial charge in [0.2, 0.25) is 0 Å². The third-order valence-corrected chi connectivity index (χ3v) is 4.30. The van der Waals surface area contributed by atoms with Crippen LogP contribution in [0.4, 0.5) is 5.69 Å². The lowest BCUT2D eigenvalue weighted by Crippen LogP contribution is -2.28. The number of hydrogen-bond acceptors (Lipinski definition) is 2. The van der Waals surface area contributed by atoms with Crippen LogP contribution < -0.4 is 10.2 Å². The van der Waals surface area contributed by atoms with E-state index in [0.29, 0.717) is 0 Å². The minimum Gasteiger partial charge on any atom is -0.371 e. The Balaban J connectivity index is 2.10. The molecule has 21 heavy (non-hydrogen) atoms. The van der Waals surface area contributed by atoms with Gasteiger partial charge in [0.15, 0.2) is 0 Å². The van der Waals surface area contributed by atoms with Crippen molar-refractivity contribution in [1.29, 1.82) is 0 Å². The summed E-state index contributed by atoms with van der Waals surface area (Å²) >= 11 is 0. The highest BCUT2D eigenvalue weighted by Crippen LogP contribution is 2.25. The smallest absolute Gasteiger partial charge is 0.0412 e. The van der Waals surface area contributed by atoms with Crippen LogP contribution in [0, 0.1) is 6.92 Å². The molecule has 0 atom stereocenters. The van der Waals surface area contributed by atoms with E-state index >= 15 is 0 Å². The Morgan fingerprint density at radius 1 is 1.10 bits per heavy atom. The SMILES string of the molecule is CCCCN(CCCC)c1ccc(C)cc1CNC1CC1. The maximum atomic E-state index is 3.68. The third-order valence-electron chi connectivity index (χ3n) is 4.30. The lowest BCUT2D eigenvalue weighted by Gasteiger charge is -2.27. The molecule has 0 saturated heterocycles. The first-order chi connectivity index (χ1) is 10.2. The maximum absolute atomic E-state index is 3.68. The van der Waals surface area contributed by atoms with E-state index in [1.165, 1.54) is 68.4 Å². The van der Waals surface area contributed by atoms with Crippen LogP contribution >= 0.6 is 0 Å². The molecule has 1 N–H and O–H groups in total. The summed E-state index contributed by atoms with van der Waals surface area (Å²) in [7, 11) is 0. The molecule has 1 aromatic rings. The number of unbranched alkanes of at least 4 members (excludes halogenated alkanes) is 2. The fraction of sp³-hybridized carbons (Fsp3) is 0.684. The number of benzene rings is 1. The maximum Gasteiger partial charge on any atom is 0.0412 e. The summed E-state index contributed by atoms with van der Waals surface area (Å²) in [4.78, 5) is 2.61. The van der Waals surface area contributed by atoms with Crippen LogP contribution in [0.3, 0.4) is 0 Å². The Morgan fingerprint density at radius 3 is 2.33 bits per heavy atom. The molecule has 2 nitrogen and oxygen atoms in total. The highest BCUT2D eigenvalue weighted by molar-refractivity contribution is 5.55. The summed E-state index contributed by atoms with van der Waals surface area (Å²) in [6.07, 6.45) is 7.82. The molecule has 118 valence electrons. The fourth-order valence-electron chi connectivity index (χ4n) is 2.76. The van der Waals surface area contributed by atoms with Gasteiger partial charge in [0.05, 0.1) is 0 Å². The summed E-state index contributed by atoms with van der Waals surface area (Å²) in [5, 5.41) is 3.68. The number of rotatable bonds is 10. The van der Waals surface area contributed by atoms with Gasteiger partial charge >= 0.3 is 0 Å². The second kappa shape index (κ2) is 8.43. The average Bonchev–Trinajstić information content (AvgIpc) is 3.30. The Morgan fingerprint density at radius 2 is 1.76 bits per heavy atom. The second-order valence-electron chi connectivity index (χ2n) is 6.48. The third kappa shape index (κ3) is 5.35. The molecule has 1 aliphatic carbocycles. The predicted octanol–water partition coefficient (Wildman–Crippen LogP) is 4.65. The largest absolute Gasteiger partial charge is 0.371 e. The normalized spacial score (nSPS) is 14.4. The molecule has 1 saturated carbocycles. The molecular formula is C19H32N2. The first kappa shape index (κ1) is 16.4. The minimum absolute atomic E-state index is 0.776. The van der Waals surface area contributed by atoms with Crippen molar-refractivity contribution in [2.75, 3.05) is 18.0 Å². The summed E-state index contributed by atoms with van der Waals surface area (Å²) in [5.41, 5.74) is 4.31. The molecule has 1 aromatic carbocycles. The molecule has 2 heteroatoms. The second-order valence-corrected chi connectivity index (χ2v) is 6.48. The minimum atomic E-state index is 0.776. The molecule has 1 fully saturated rings. The van der Waals surface area contributed by atoms with Crippen LogP contribution in [0.1, 0.15) is 63.5 Å². The molecule has 2 rings (SSSR count). The van der Waals surface area contributed by atoms with Gasteiger partial charge in [0.1, 0.15) is 0 Å². The standard InChI is InChI=1S/C19H32N2/c1-4-6-12-21(13-7-5-2)19-11-8-16(3)14-17(19)15-20-18-9-10-18/h8,11,14,18,20H,4-7,9-10,12-13,15H2,1-3H3. The first-order valence-electron chi connectivity index (χ1n) is 8.82. The molecule has 0 aliphatic heterocycles. The number of aryl methyl sites for hydroxylation is 1. The summed E-state index contributed by atoms with van der Waals surface area (Å²) in [6, 6.07) is 7.75. The summed E-state index contributed by atoms with van der Waals surface area (Å²) in [5.74, 6) is 0. The predicted molar refractivity (Wildman–Crippen MR) is 93.1 cm³/mol. The Bertz CT molecular complexity index is 416. The Kier molecular flexibility index (Phi) is 6.56. The monoisotopic (exact) mass is 288 g/mol. The first-order valence-corrected chi connectivity index (χ1v) is 8.82. The van der Waals surface area contributed by atoms with Crippen molar-refractivity contribution in [2.45, 2.75) is 71.9 Å². The van der Waals surface area contributed by atoms with Crippen molar-refractivity contribution in [3.05, 3.63) is 29.3 Å². The van der Waals surface area contributed by atoms with E-state index in [0.717, 1.165) is 12.6 Å². The van der Waals surface area contributed by atoms with Gasteiger partial charge in [-0.05, 0) is 44.2 Å². The molecule has 0 aromatic heterocycles. The number of hydrogen-bond donors (Lipinski definition) is 1. The van der Waals surface area contributed by atoms with Gasteiger partial charge in [0, 0.05) is 31.4 Å². The number of nitrogens with zero attached hydrogens (tertiary/aromatic N) is 1. The summed E-state index contributed by atoms with van der Waals surface area (Å²) in [6.45, 7) is 10.2. The van der Waals surface area contributed by atoms with E-state index in [1.807, 2.05) is 0 Å². The van der Waals surface area contributed by atoms with Gasteiger partial charge in [-0.15, -0.1) is 0 Å². The number of nitrogens with one attached hydrogen (secondary N) is 1. The van der Waals surface area contributed by atoms with E-state index in [1.54, 1.807) is 0 Å². The van der Waals surface area contributed by atoms with Crippen molar-refractivity contribution in [1.82, 2.24) is 5.32 Å². The van der Waals surface area contributed by atoms with E-state index in [-0.39, 0.29) is 0 Å². The molecule has 0 spiro atoms. The van der Waals surface area contributed by atoms with Crippen LogP contribution in [0.5, 0.6) is 0 Å². The topological polar surface area (TPSA) is 15.3 Å². The van der Waals surface area contributed by atoms with Gasteiger partial charge in [0.25, 0.3) is 0 Å². The van der Waals surface area contributed by atoms with Crippen LogP contribution in [0.25, 0.3) is 0 Å². The van der Waals surface area contributed by atoms with Crippen molar-refractivity contribution < 1.29 is 0 Å². The van der Waals surface area contributed by atoms with Crippen molar-refractivity contribution in [3.63, 3.8) is 0 Å². The van der Waals surface area contributed by atoms with Crippen molar-refractivity contribution in [3.8, 4) is 0 Å². The van der Waals surface area contributed by atoms with Gasteiger partial charge in [-0.25, -0.2) is 0 Å². The fourth-order valence-corrected chi connectivity index (χ4v) is 2.76. The molecular weight excluding hydrogens is 256 g/mol. The van der Waals surface area contributed by atoms with Crippen LogP contribution in [-0.4, -0.2) is 19.1 Å². The molecule has 0 bridgehead atoms. The molecule has 0 heterocycles. The van der Waals surface area contributed by atoms with Crippen LogP contribution in [0.15, 0.2) is 18.2 Å². The Hall–Kier alpha value is -1.02. The lowest BCUT2D eigenvalue weighted by molar-refractivity contribution is 0.659.